The van der Waals surface area contributed by atoms with E-state index in [9.17, 15) is 0 Å². The van der Waals surface area contributed by atoms with E-state index in [0.29, 0.717) is 0 Å². The van der Waals surface area contributed by atoms with Crippen LogP contribution in [0.15, 0.2) is 0 Å². The zero-order chi connectivity index (χ0) is 13.3. The van der Waals surface area contributed by atoms with E-state index < -0.39 is 0 Å². The summed E-state index contributed by atoms with van der Waals surface area (Å²) in [4.78, 5) is 0. The molecular weight excluding hydrogens is 216 g/mol. The van der Waals surface area contributed by atoms with E-state index in [0.717, 1.165) is 0 Å². The topological polar surface area (TPSA) is 0 Å². The summed E-state index contributed by atoms with van der Waals surface area (Å²) in [5.74, 6) is 37.1. The van der Waals surface area contributed by atoms with Gasteiger partial charge in [0.25, 0.3) is 0 Å². The molecule has 0 atom stereocenters. The normalized spacial score (nSPS) is 3.67. The molecule has 0 heteroatoms. The standard InChI is InChI=1S/C18/c1-3-5-7-9-11-13-15-17-18-16-14-12-10-8-6-4-2. The largest absolute Gasteiger partial charge is 0 e. The molecule has 0 saturated carbocycles. The molecule has 0 aliphatic carbocycles. The van der Waals surface area contributed by atoms with Gasteiger partial charge in [-0.1, -0.05) is 0 Å². The van der Waals surface area contributed by atoms with Crippen LogP contribution in [0.2, 0.25) is 0 Å². The van der Waals surface area contributed by atoms with Gasteiger partial charge in [0.2, 0.25) is 0 Å². The van der Waals surface area contributed by atoms with Gasteiger partial charge in [-0.2, -0.15) is 0 Å². The first kappa shape index (κ1) is 14.0. The van der Waals surface area contributed by atoms with Crippen LogP contribution >= 0.6 is 0 Å². The molecule has 0 bridgehead atoms. The summed E-state index contributed by atoms with van der Waals surface area (Å²) < 4.78 is 0. The molecule has 0 spiro atoms. The van der Waals surface area contributed by atoms with Crippen LogP contribution < -0.4 is 0 Å². The van der Waals surface area contributed by atoms with E-state index in [4.69, 9.17) is 12.8 Å². The molecule has 0 fully saturated rings. The van der Waals surface area contributed by atoms with E-state index in [1.54, 1.807) is 0 Å². The highest BCUT2D eigenvalue weighted by Crippen LogP contribution is 1.57. The molecular formula is C18. The monoisotopic (exact) mass is 216 g/mol. The Morgan fingerprint density at radius 1 is 0.278 bits per heavy atom. The molecule has 0 aromatic heterocycles. The van der Waals surface area contributed by atoms with Gasteiger partial charge in [0.1, 0.15) is 0 Å². The quantitative estimate of drug-likeness (QED) is 0.507. The molecule has 0 aromatic carbocycles. The summed E-state index contributed by atoms with van der Waals surface area (Å²) >= 11 is 0. The summed E-state index contributed by atoms with van der Waals surface area (Å²) in [6, 6.07) is 0. The second-order valence-electron chi connectivity index (χ2n) is 2.00. The first-order chi connectivity index (χ1) is 8.91. The summed E-state index contributed by atoms with van der Waals surface area (Å²) in [6.07, 6.45) is 12.9. The van der Waals surface area contributed by atoms with E-state index in [2.05, 4.69) is 82.9 Å². The van der Waals surface area contributed by atoms with Crippen LogP contribution in [-0.4, -0.2) is 0 Å². The van der Waals surface area contributed by atoms with Gasteiger partial charge in [-0.25, -0.2) is 0 Å². The van der Waals surface area contributed by atoms with Crippen LogP contribution in [-0.2, 0) is 0 Å². The van der Waals surface area contributed by atoms with Crippen LogP contribution in [0.25, 0.3) is 0 Å². The van der Waals surface area contributed by atoms with Crippen molar-refractivity contribution < 1.29 is 0 Å². The Morgan fingerprint density at radius 3 is 0.611 bits per heavy atom. The lowest BCUT2D eigenvalue weighted by Crippen LogP contribution is -1.55. The Morgan fingerprint density at radius 2 is 0.444 bits per heavy atom. The number of rotatable bonds is 0. The third-order valence-corrected chi connectivity index (χ3v) is 0.938. The van der Waals surface area contributed by atoms with E-state index in [1.807, 2.05) is 11.8 Å². The van der Waals surface area contributed by atoms with E-state index in [-0.39, 0.29) is 0 Å². The molecule has 0 nitrogen and oxygen atoms in total. The van der Waals surface area contributed by atoms with Crippen molar-refractivity contribution in [2.24, 2.45) is 0 Å². The third kappa shape index (κ3) is 12.0. The van der Waals surface area contributed by atoms with E-state index >= 15 is 0 Å². The molecule has 0 aliphatic rings. The molecule has 0 unspecified atom stereocenters. The first-order valence-corrected chi connectivity index (χ1v) is 4.25. The van der Waals surface area contributed by atoms with Crippen LogP contribution in [0.5, 0.6) is 0 Å². The van der Waals surface area contributed by atoms with Gasteiger partial charge < -0.3 is 0 Å². The van der Waals surface area contributed by atoms with Crippen molar-refractivity contribution >= 4 is 0 Å². The van der Waals surface area contributed by atoms with Gasteiger partial charge in [0.05, 0.1) is 0 Å². The molecule has 2 radical (unpaired) electrons. The highest BCUT2D eigenvalue weighted by atomic mass is 13.6. The minimum atomic E-state index is 1.87. The Hall–Kier alpha value is -3.96. The summed E-state index contributed by atoms with van der Waals surface area (Å²) in [7, 11) is 0. The lowest BCUT2D eigenvalue weighted by atomic mass is 10.5. The van der Waals surface area contributed by atoms with Gasteiger partial charge in [-0.15, -0.1) is 0 Å². The van der Waals surface area contributed by atoms with Crippen molar-refractivity contribution in [1.82, 2.24) is 0 Å². The fourth-order valence-corrected chi connectivity index (χ4v) is 0.438. The summed E-state index contributed by atoms with van der Waals surface area (Å²) in [6.45, 7) is 0. The van der Waals surface area contributed by atoms with Gasteiger partial charge >= 0.3 is 0 Å². The SMILES string of the molecule is [C]#CC#CC#CC#CC#CC#CC#CC#CC#[C]. The minimum Gasteiger partial charge on any atom is 0 e. The maximum atomic E-state index is 6.47. The minimum absolute atomic E-state index is 1.87. The average Bonchev–Trinajstić information content (AvgIpc) is 2.39. The van der Waals surface area contributed by atoms with Crippen molar-refractivity contribution in [3.63, 3.8) is 0 Å². The molecule has 18 heavy (non-hydrogen) atoms. The van der Waals surface area contributed by atoms with E-state index in [1.165, 1.54) is 0 Å². The Labute approximate surface area is 108 Å². The van der Waals surface area contributed by atoms with Gasteiger partial charge in [0, 0.05) is 108 Å². The number of hydrogen-bond acceptors (Lipinski definition) is 0. The van der Waals surface area contributed by atoms with Crippen molar-refractivity contribution in [2.45, 2.75) is 0 Å². The van der Waals surface area contributed by atoms with Crippen molar-refractivity contribution in [2.75, 3.05) is 0 Å². The average molecular weight is 216 g/mol. The second-order valence-corrected chi connectivity index (χ2v) is 2.00. The van der Waals surface area contributed by atoms with Crippen LogP contribution in [0.3, 0.4) is 0 Å². The van der Waals surface area contributed by atoms with Crippen LogP contribution in [0, 0.1) is 108 Å². The first-order valence-electron chi connectivity index (χ1n) is 4.25. The molecule has 0 heterocycles. The maximum absolute atomic E-state index is 6.47. The lowest BCUT2D eigenvalue weighted by Gasteiger charge is -1.56. The highest BCUT2D eigenvalue weighted by Gasteiger charge is 1.57. The molecule has 72 valence electrons. The zero-order valence-corrected chi connectivity index (χ0v) is 9.00. The molecule has 0 N–H and O–H groups in total. The van der Waals surface area contributed by atoms with Gasteiger partial charge in [-0.05, 0) is 0 Å². The fraction of sp³-hybridized carbons (Fsp3) is 0. The predicted molar refractivity (Wildman–Crippen MR) is 68.7 cm³/mol. The van der Waals surface area contributed by atoms with Gasteiger partial charge in [-0.3, -0.25) is 0 Å². The fourth-order valence-electron chi connectivity index (χ4n) is 0.438. The predicted octanol–water partition coefficient (Wildman–Crippen LogP) is 0.190. The Bertz CT molecular complexity index is 743. The Balaban J connectivity index is 4.31. The molecule has 0 saturated heterocycles. The summed E-state index contributed by atoms with van der Waals surface area (Å²) in [5, 5.41) is 0. The third-order valence-electron chi connectivity index (χ3n) is 0.938. The van der Waals surface area contributed by atoms with Crippen LogP contribution in [0.1, 0.15) is 0 Å². The second kappa shape index (κ2) is 13.0. The highest BCUT2D eigenvalue weighted by molar-refractivity contribution is 5.46. The Kier molecular flexibility index (Phi) is 10.2. The smallest absolute Gasteiger partial charge is 0 e. The number of hydrogen-bond donors (Lipinski definition) is 0. The zero-order valence-electron chi connectivity index (χ0n) is 9.00. The summed E-state index contributed by atoms with van der Waals surface area (Å²) in [5.41, 5.74) is 0. The lowest BCUT2D eigenvalue weighted by molar-refractivity contribution is 2.33. The van der Waals surface area contributed by atoms with Crippen molar-refractivity contribution in [3.8, 4) is 94.7 Å². The molecule has 0 rings (SSSR count). The maximum Gasteiger partial charge on any atom is 0 e. The molecule has 0 aliphatic heterocycles. The van der Waals surface area contributed by atoms with Crippen LogP contribution in [0.4, 0.5) is 0 Å². The van der Waals surface area contributed by atoms with Crippen molar-refractivity contribution in [3.05, 3.63) is 12.8 Å². The molecule has 0 aromatic rings. The molecule has 0 amide bonds. The van der Waals surface area contributed by atoms with Crippen molar-refractivity contribution in [1.29, 1.82) is 0 Å². The van der Waals surface area contributed by atoms with Gasteiger partial charge in [0.15, 0.2) is 0 Å².